The van der Waals surface area contributed by atoms with Gasteiger partial charge in [-0.05, 0) is 37.0 Å². The van der Waals surface area contributed by atoms with E-state index in [2.05, 4.69) is 15.4 Å². The van der Waals surface area contributed by atoms with E-state index in [-0.39, 0.29) is 11.9 Å². The second-order valence-electron chi connectivity index (χ2n) is 5.99. The van der Waals surface area contributed by atoms with Crippen LogP contribution in [0.3, 0.4) is 0 Å². The van der Waals surface area contributed by atoms with Gasteiger partial charge in [-0.2, -0.15) is 5.10 Å². The van der Waals surface area contributed by atoms with Gasteiger partial charge in [0.15, 0.2) is 0 Å². The molecule has 1 atom stereocenters. The van der Waals surface area contributed by atoms with Gasteiger partial charge in [-0.3, -0.25) is 9.48 Å². The van der Waals surface area contributed by atoms with E-state index < -0.39 is 5.41 Å². The molecule has 2 aromatic rings. The molecule has 1 saturated carbocycles. The maximum atomic E-state index is 12.9. The van der Waals surface area contributed by atoms with Crippen LogP contribution in [0.2, 0.25) is 0 Å². The summed E-state index contributed by atoms with van der Waals surface area (Å²) in [5, 5.41) is 7.23. The van der Waals surface area contributed by atoms with E-state index in [1.807, 2.05) is 38.2 Å². The lowest BCUT2D eigenvalue weighted by molar-refractivity contribution is -0.124. The fourth-order valence-electron chi connectivity index (χ4n) is 2.95. The van der Waals surface area contributed by atoms with E-state index in [9.17, 15) is 4.79 Å². The molecule has 122 valence electrons. The minimum absolute atomic E-state index is 0.0671. The van der Waals surface area contributed by atoms with Crippen molar-refractivity contribution in [1.29, 1.82) is 0 Å². The van der Waals surface area contributed by atoms with E-state index in [1.165, 1.54) is 6.33 Å². The van der Waals surface area contributed by atoms with E-state index in [1.54, 1.807) is 11.8 Å². The van der Waals surface area contributed by atoms with Crippen molar-refractivity contribution in [2.45, 2.75) is 37.6 Å². The second kappa shape index (κ2) is 6.02. The number of aryl methyl sites for hydroxylation is 1. The number of methoxy groups -OCH3 is 1. The van der Waals surface area contributed by atoms with Crippen LogP contribution in [-0.2, 0) is 17.3 Å². The van der Waals surface area contributed by atoms with Crippen molar-refractivity contribution in [3.63, 3.8) is 0 Å². The Balaban J connectivity index is 1.77. The largest absolute Gasteiger partial charge is 0.497 e. The Hall–Kier alpha value is -2.37. The average molecular weight is 314 g/mol. The van der Waals surface area contributed by atoms with Gasteiger partial charge in [-0.25, -0.2) is 4.98 Å². The molecule has 1 unspecified atom stereocenters. The van der Waals surface area contributed by atoms with Crippen LogP contribution in [-0.4, -0.2) is 27.8 Å². The fraction of sp³-hybridized carbons (Fsp3) is 0.471. The van der Waals surface area contributed by atoms with E-state index >= 15 is 0 Å². The number of aromatic nitrogens is 3. The lowest BCUT2D eigenvalue weighted by Gasteiger charge is -2.21. The molecule has 1 fully saturated rings. The minimum atomic E-state index is -0.404. The van der Waals surface area contributed by atoms with Crippen molar-refractivity contribution < 1.29 is 9.53 Å². The maximum Gasteiger partial charge on any atom is 0.231 e. The number of hydrogen-bond acceptors (Lipinski definition) is 4. The highest BCUT2D eigenvalue weighted by Crippen LogP contribution is 2.49. The first kappa shape index (κ1) is 15.5. The molecule has 1 N–H and O–H groups in total. The van der Waals surface area contributed by atoms with E-state index in [0.717, 1.165) is 36.4 Å². The normalized spacial score (nSPS) is 16.7. The highest BCUT2D eigenvalue weighted by molar-refractivity contribution is 5.91. The molecule has 0 spiro atoms. The standard InChI is InChI=1S/C17H22N4O2/c1-4-14(15-18-11-19-21(15)2)20-16(22)17(9-10-17)12-5-7-13(23-3)8-6-12/h5-8,11,14H,4,9-10H2,1-3H3,(H,20,22). The molecule has 6 heteroatoms. The molecular formula is C17H22N4O2. The molecule has 23 heavy (non-hydrogen) atoms. The number of nitrogens with one attached hydrogen (secondary N) is 1. The lowest BCUT2D eigenvalue weighted by Crippen LogP contribution is -2.38. The predicted molar refractivity (Wildman–Crippen MR) is 86.1 cm³/mol. The van der Waals surface area contributed by atoms with Gasteiger partial charge in [-0.15, -0.1) is 0 Å². The average Bonchev–Trinajstić information content (AvgIpc) is 3.29. The molecule has 1 aliphatic carbocycles. The van der Waals surface area contributed by atoms with Crippen LogP contribution in [0.5, 0.6) is 5.75 Å². The van der Waals surface area contributed by atoms with Gasteiger partial charge >= 0.3 is 0 Å². The van der Waals surface area contributed by atoms with Crippen molar-refractivity contribution in [1.82, 2.24) is 20.1 Å². The number of rotatable bonds is 6. The molecule has 3 rings (SSSR count). The number of ether oxygens (including phenoxy) is 1. The Kier molecular flexibility index (Phi) is 4.07. The molecular weight excluding hydrogens is 292 g/mol. The summed E-state index contributed by atoms with van der Waals surface area (Å²) in [5.74, 6) is 1.65. The Morgan fingerprint density at radius 2 is 2.09 bits per heavy atom. The fourth-order valence-corrected chi connectivity index (χ4v) is 2.95. The summed E-state index contributed by atoms with van der Waals surface area (Å²) < 4.78 is 6.90. The first-order chi connectivity index (χ1) is 11.1. The van der Waals surface area contributed by atoms with Crippen LogP contribution in [0.4, 0.5) is 0 Å². The maximum absolute atomic E-state index is 12.9. The first-order valence-electron chi connectivity index (χ1n) is 7.90. The third-order valence-corrected chi connectivity index (χ3v) is 4.60. The number of carbonyl (C=O) groups is 1. The Bertz CT molecular complexity index is 689. The highest BCUT2D eigenvalue weighted by Gasteiger charge is 2.51. The minimum Gasteiger partial charge on any atom is -0.497 e. The number of carbonyl (C=O) groups excluding carboxylic acids is 1. The topological polar surface area (TPSA) is 69.0 Å². The van der Waals surface area contributed by atoms with Crippen molar-refractivity contribution >= 4 is 5.91 Å². The van der Waals surface area contributed by atoms with Crippen molar-refractivity contribution in [3.8, 4) is 5.75 Å². The zero-order valence-electron chi connectivity index (χ0n) is 13.7. The summed E-state index contributed by atoms with van der Waals surface area (Å²) in [6.07, 6.45) is 4.04. The molecule has 0 bridgehead atoms. The van der Waals surface area contributed by atoms with Gasteiger partial charge < -0.3 is 10.1 Å². The molecule has 6 nitrogen and oxygen atoms in total. The summed E-state index contributed by atoms with van der Waals surface area (Å²) in [6.45, 7) is 2.03. The molecule has 1 aliphatic rings. The van der Waals surface area contributed by atoms with Gasteiger partial charge in [0, 0.05) is 7.05 Å². The van der Waals surface area contributed by atoms with Crippen molar-refractivity contribution in [2.24, 2.45) is 7.05 Å². The number of amides is 1. The number of hydrogen-bond donors (Lipinski definition) is 1. The molecule has 0 aliphatic heterocycles. The van der Waals surface area contributed by atoms with Crippen LogP contribution in [0.25, 0.3) is 0 Å². The summed E-state index contributed by atoms with van der Waals surface area (Å²) in [7, 11) is 3.48. The summed E-state index contributed by atoms with van der Waals surface area (Å²) >= 11 is 0. The van der Waals surface area contributed by atoms with Gasteiger partial charge in [0.25, 0.3) is 0 Å². The third-order valence-electron chi connectivity index (χ3n) is 4.60. The zero-order valence-corrected chi connectivity index (χ0v) is 13.7. The Labute approximate surface area is 135 Å². The Morgan fingerprint density at radius 3 is 2.57 bits per heavy atom. The van der Waals surface area contributed by atoms with Gasteiger partial charge in [0.2, 0.25) is 5.91 Å². The van der Waals surface area contributed by atoms with Gasteiger partial charge in [0.05, 0.1) is 18.6 Å². The number of nitrogens with zero attached hydrogens (tertiary/aromatic N) is 3. The smallest absolute Gasteiger partial charge is 0.231 e. The number of benzene rings is 1. The molecule has 1 aromatic carbocycles. The third kappa shape index (κ3) is 2.81. The van der Waals surface area contributed by atoms with Crippen molar-refractivity contribution in [3.05, 3.63) is 42.0 Å². The first-order valence-corrected chi connectivity index (χ1v) is 7.90. The summed E-state index contributed by atoms with van der Waals surface area (Å²) in [5.41, 5.74) is 0.641. The van der Waals surface area contributed by atoms with E-state index in [0.29, 0.717) is 0 Å². The summed E-state index contributed by atoms with van der Waals surface area (Å²) in [6, 6.07) is 7.65. The summed E-state index contributed by atoms with van der Waals surface area (Å²) in [4.78, 5) is 17.1. The van der Waals surface area contributed by atoms with Crippen LogP contribution >= 0.6 is 0 Å². The monoisotopic (exact) mass is 314 g/mol. The molecule has 0 radical (unpaired) electrons. The highest BCUT2D eigenvalue weighted by atomic mass is 16.5. The molecule has 1 heterocycles. The SMILES string of the molecule is CCC(NC(=O)C1(c2ccc(OC)cc2)CC1)c1ncnn1C. The van der Waals surface area contributed by atoms with Crippen LogP contribution in [0.1, 0.15) is 43.6 Å². The van der Waals surface area contributed by atoms with Gasteiger partial charge in [-0.1, -0.05) is 19.1 Å². The van der Waals surface area contributed by atoms with Crippen molar-refractivity contribution in [2.75, 3.05) is 7.11 Å². The Morgan fingerprint density at radius 1 is 1.39 bits per heavy atom. The predicted octanol–water partition coefficient (Wildman–Crippen LogP) is 2.12. The molecule has 0 saturated heterocycles. The van der Waals surface area contributed by atoms with E-state index in [4.69, 9.17) is 4.74 Å². The quantitative estimate of drug-likeness (QED) is 0.887. The van der Waals surface area contributed by atoms with Crippen LogP contribution in [0, 0.1) is 0 Å². The zero-order chi connectivity index (χ0) is 16.4. The second-order valence-corrected chi connectivity index (χ2v) is 5.99. The van der Waals surface area contributed by atoms with Gasteiger partial charge in [0.1, 0.15) is 17.9 Å². The molecule has 1 aromatic heterocycles. The lowest BCUT2D eigenvalue weighted by atomic mass is 9.94. The van der Waals surface area contributed by atoms with Crippen LogP contribution in [0.15, 0.2) is 30.6 Å². The molecule has 1 amide bonds. The van der Waals surface area contributed by atoms with Crippen LogP contribution < -0.4 is 10.1 Å².